The standard InChI is InChI=1S/C17H25NO3/c1-2-11-19-16-6-4-3-5-15(16)18-14-7-9-17(10-8-14)20-12-13-21-17/h3-6,14,18H,2,7-13H2,1H3. The van der Waals surface area contributed by atoms with Gasteiger partial charge in [-0.3, -0.25) is 0 Å². The highest BCUT2D eigenvalue weighted by atomic mass is 16.7. The van der Waals surface area contributed by atoms with E-state index in [0.717, 1.165) is 63.4 Å². The fraction of sp³-hybridized carbons (Fsp3) is 0.647. The molecule has 3 rings (SSSR count). The van der Waals surface area contributed by atoms with Crippen molar-refractivity contribution < 1.29 is 14.2 Å². The minimum absolute atomic E-state index is 0.281. The fourth-order valence-electron chi connectivity index (χ4n) is 3.13. The van der Waals surface area contributed by atoms with Gasteiger partial charge in [-0.2, -0.15) is 0 Å². The molecule has 0 amide bonds. The molecule has 4 heteroatoms. The third kappa shape index (κ3) is 3.50. The van der Waals surface area contributed by atoms with Crippen LogP contribution >= 0.6 is 0 Å². The maximum Gasteiger partial charge on any atom is 0.168 e. The lowest BCUT2D eigenvalue weighted by Gasteiger charge is -2.36. The molecule has 1 saturated carbocycles. The second-order valence-corrected chi connectivity index (χ2v) is 5.87. The van der Waals surface area contributed by atoms with Gasteiger partial charge in [0.1, 0.15) is 5.75 Å². The Morgan fingerprint density at radius 2 is 1.90 bits per heavy atom. The highest BCUT2D eigenvalue weighted by molar-refractivity contribution is 5.56. The molecular formula is C17H25NO3. The molecular weight excluding hydrogens is 266 g/mol. The minimum atomic E-state index is -0.281. The smallest absolute Gasteiger partial charge is 0.168 e. The number of para-hydroxylation sites is 2. The van der Waals surface area contributed by atoms with Crippen LogP contribution in [0.3, 0.4) is 0 Å². The van der Waals surface area contributed by atoms with Crippen molar-refractivity contribution in [3.63, 3.8) is 0 Å². The van der Waals surface area contributed by atoms with E-state index in [4.69, 9.17) is 14.2 Å². The Bertz CT molecular complexity index is 447. The molecule has 1 N–H and O–H groups in total. The summed E-state index contributed by atoms with van der Waals surface area (Å²) in [6, 6.07) is 8.67. The minimum Gasteiger partial charge on any atom is -0.491 e. The predicted octanol–water partition coefficient (Wildman–Crippen LogP) is 3.57. The number of hydrogen-bond acceptors (Lipinski definition) is 4. The van der Waals surface area contributed by atoms with Gasteiger partial charge in [0, 0.05) is 18.9 Å². The van der Waals surface area contributed by atoms with Gasteiger partial charge in [-0.05, 0) is 31.4 Å². The van der Waals surface area contributed by atoms with Gasteiger partial charge in [0.05, 0.1) is 25.5 Å². The number of rotatable bonds is 5. The lowest BCUT2D eigenvalue weighted by molar-refractivity contribution is -0.177. The van der Waals surface area contributed by atoms with Crippen molar-refractivity contribution >= 4 is 5.69 Å². The first kappa shape index (κ1) is 14.7. The maximum atomic E-state index is 5.81. The van der Waals surface area contributed by atoms with Gasteiger partial charge in [0.25, 0.3) is 0 Å². The molecule has 1 spiro atoms. The zero-order valence-corrected chi connectivity index (χ0v) is 12.8. The Kier molecular flexibility index (Phi) is 4.66. The van der Waals surface area contributed by atoms with Crippen molar-refractivity contribution in [2.75, 3.05) is 25.1 Å². The Morgan fingerprint density at radius 1 is 1.19 bits per heavy atom. The van der Waals surface area contributed by atoms with Crippen molar-refractivity contribution in [1.82, 2.24) is 0 Å². The molecule has 0 aromatic heterocycles. The van der Waals surface area contributed by atoms with Gasteiger partial charge < -0.3 is 19.5 Å². The number of ether oxygens (including phenoxy) is 3. The Morgan fingerprint density at radius 3 is 2.62 bits per heavy atom. The van der Waals surface area contributed by atoms with Gasteiger partial charge in [-0.15, -0.1) is 0 Å². The Labute approximate surface area is 126 Å². The van der Waals surface area contributed by atoms with E-state index < -0.39 is 0 Å². The van der Waals surface area contributed by atoms with Crippen LogP contribution < -0.4 is 10.1 Å². The average Bonchev–Trinajstić information content (AvgIpc) is 2.97. The first-order valence-corrected chi connectivity index (χ1v) is 8.08. The van der Waals surface area contributed by atoms with E-state index in [1.807, 2.05) is 12.1 Å². The summed E-state index contributed by atoms with van der Waals surface area (Å²) in [6.45, 7) is 4.37. The zero-order chi connectivity index (χ0) is 14.5. The van der Waals surface area contributed by atoms with Crippen LogP contribution in [0.5, 0.6) is 5.75 Å². The van der Waals surface area contributed by atoms with Crippen molar-refractivity contribution in [3.05, 3.63) is 24.3 Å². The van der Waals surface area contributed by atoms with E-state index >= 15 is 0 Å². The van der Waals surface area contributed by atoms with Crippen molar-refractivity contribution in [1.29, 1.82) is 0 Å². The van der Waals surface area contributed by atoms with E-state index in [1.165, 1.54) is 0 Å². The van der Waals surface area contributed by atoms with Gasteiger partial charge >= 0.3 is 0 Å². The molecule has 0 atom stereocenters. The molecule has 0 radical (unpaired) electrons. The molecule has 2 fully saturated rings. The second-order valence-electron chi connectivity index (χ2n) is 5.87. The number of anilines is 1. The summed E-state index contributed by atoms with van der Waals surface area (Å²) in [5.41, 5.74) is 1.10. The molecule has 2 aliphatic rings. The molecule has 0 unspecified atom stereocenters. The first-order valence-electron chi connectivity index (χ1n) is 8.08. The van der Waals surface area contributed by atoms with Gasteiger partial charge in [-0.25, -0.2) is 0 Å². The van der Waals surface area contributed by atoms with Crippen molar-refractivity contribution in [2.45, 2.75) is 50.9 Å². The third-order valence-electron chi connectivity index (χ3n) is 4.27. The van der Waals surface area contributed by atoms with E-state index in [9.17, 15) is 0 Å². The monoisotopic (exact) mass is 291 g/mol. The third-order valence-corrected chi connectivity index (χ3v) is 4.27. The molecule has 21 heavy (non-hydrogen) atoms. The summed E-state index contributed by atoms with van der Waals surface area (Å²) in [6.07, 6.45) is 5.12. The summed E-state index contributed by atoms with van der Waals surface area (Å²) in [4.78, 5) is 0. The summed E-state index contributed by atoms with van der Waals surface area (Å²) in [7, 11) is 0. The van der Waals surface area contributed by atoms with Crippen molar-refractivity contribution in [2.24, 2.45) is 0 Å². The Hall–Kier alpha value is -1.26. The summed E-state index contributed by atoms with van der Waals surface area (Å²) in [5, 5.41) is 3.63. The van der Waals surface area contributed by atoms with E-state index in [2.05, 4.69) is 24.4 Å². The average molecular weight is 291 g/mol. The highest BCUT2D eigenvalue weighted by Crippen LogP contribution is 2.37. The largest absolute Gasteiger partial charge is 0.491 e. The van der Waals surface area contributed by atoms with E-state index in [1.54, 1.807) is 0 Å². The summed E-state index contributed by atoms with van der Waals surface area (Å²) < 4.78 is 17.4. The van der Waals surface area contributed by atoms with Crippen LogP contribution in [0.25, 0.3) is 0 Å². The van der Waals surface area contributed by atoms with Crippen LogP contribution in [0.4, 0.5) is 5.69 Å². The second kappa shape index (κ2) is 6.67. The normalized spacial score (nSPS) is 21.6. The summed E-state index contributed by atoms with van der Waals surface area (Å²) in [5.74, 6) is 0.671. The molecule has 4 nitrogen and oxygen atoms in total. The first-order chi connectivity index (χ1) is 10.3. The fourth-order valence-corrected chi connectivity index (χ4v) is 3.13. The lowest BCUT2D eigenvalue weighted by Crippen LogP contribution is -2.39. The zero-order valence-electron chi connectivity index (χ0n) is 12.8. The van der Waals surface area contributed by atoms with Gasteiger partial charge in [-0.1, -0.05) is 19.1 Å². The predicted molar refractivity (Wildman–Crippen MR) is 82.7 cm³/mol. The van der Waals surface area contributed by atoms with Crippen LogP contribution in [-0.4, -0.2) is 31.6 Å². The number of nitrogens with one attached hydrogen (secondary N) is 1. The van der Waals surface area contributed by atoms with Gasteiger partial charge in [0.2, 0.25) is 0 Å². The molecule has 1 aromatic carbocycles. The quantitative estimate of drug-likeness (QED) is 0.900. The van der Waals surface area contributed by atoms with Crippen LogP contribution in [-0.2, 0) is 9.47 Å². The molecule has 1 aromatic rings. The van der Waals surface area contributed by atoms with Crippen LogP contribution in [0.15, 0.2) is 24.3 Å². The molecule has 1 saturated heterocycles. The molecule has 116 valence electrons. The number of hydrogen-bond donors (Lipinski definition) is 1. The van der Waals surface area contributed by atoms with E-state index in [0.29, 0.717) is 6.04 Å². The summed E-state index contributed by atoms with van der Waals surface area (Å²) >= 11 is 0. The highest BCUT2D eigenvalue weighted by Gasteiger charge is 2.40. The Balaban J connectivity index is 1.57. The molecule has 0 bridgehead atoms. The van der Waals surface area contributed by atoms with Gasteiger partial charge in [0.15, 0.2) is 5.79 Å². The number of benzene rings is 1. The molecule has 1 aliphatic carbocycles. The van der Waals surface area contributed by atoms with Crippen molar-refractivity contribution in [3.8, 4) is 5.75 Å². The lowest BCUT2D eigenvalue weighted by atomic mass is 9.90. The van der Waals surface area contributed by atoms with Crippen LogP contribution in [0, 0.1) is 0 Å². The molecule has 1 heterocycles. The van der Waals surface area contributed by atoms with Crippen LogP contribution in [0.2, 0.25) is 0 Å². The van der Waals surface area contributed by atoms with E-state index in [-0.39, 0.29) is 5.79 Å². The molecule has 1 aliphatic heterocycles. The maximum absolute atomic E-state index is 5.81. The topological polar surface area (TPSA) is 39.7 Å². The SMILES string of the molecule is CCCOc1ccccc1NC1CCC2(CC1)OCCO2. The van der Waals surface area contributed by atoms with Crippen LogP contribution in [0.1, 0.15) is 39.0 Å².